The number of methoxy groups -OCH3 is 2. The molecule has 0 spiro atoms. The number of Topliss-reactive ketones (excluding diaryl/α,β-unsaturated/α-hetero) is 1. The second-order valence-electron chi connectivity index (χ2n) is 7.97. The Morgan fingerprint density at radius 2 is 1.72 bits per heavy atom. The van der Waals surface area contributed by atoms with Gasteiger partial charge in [0.15, 0.2) is 17.3 Å². The Labute approximate surface area is 184 Å². The number of esters is 1. The monoisotopic (exact) mass is 444 g/mol. The molecule has 2 aliphatic rings. The van der Waals surface area contributed by atoms with Crippen molar-refractivity contribution in [2.45, 2.75) is 31.8 Å². The normalized spacial score (nSPS) is 16.3. The van der Waals surface area contributed by atoms with Gasteiger partial charge in [0.05, 0.1) is 14.2 Å². The van der Waals surface area contributed by atoms with Crippen LogP contribution in [0.1, 0.15) is 35.2 Å². The van der Waals surface area contributed by atoms with Crippen molar-refractivity contribution in [3.63, 3.8) is 0 Å². The highest BCUT2D eigenvalue weighted by Gasteiger charge is 2.52. The predicted molar refractivity (Wildman–Crippen MR) is 110 cm³/mol. The first kappa shape index (κ1) is 22.1. The van der Waals surface area contributed by atoms with Crippen LogP contribution in [0.4, 0.5) is 0 Å². The van der Waals surface area contributed by atoms with Gasteiger partial charge in [0.2, 0.25) is 5.75 Å². The van der Waals surface area contributed by atoms with E-state index in [1.54, 1.807) is 18.2 Å². The lowest BCUT2D eigenvalue weighted by Gasteiger charge is -2.23. The fraction of sp³-hybridized carbons (Fsp3) is 0.391. The van der Waals surface area contributed by atoms with E-state index in [1.807, 2.05) is 6.07 Å². The molecular formula is C23H24O9. The third-order valence-corrected chi connectivity index (χ3v) is 5.86. The number of aliphatic hydroxyl groups is 3. The molecule has 9 heteroatoms. The molecule has 0 amide bonds. The molecule has 0 unspecified atom stereocenters. The van der Waals surface area contributed by atoms with Gasteiger partial charge in [-0.2, -0.15) is 0 Å². The molecule has 1 saturated carbocycles. The quantitative estimate of drug-likeness (QED) is 0.412. The zero-order chi connectivity index (χ0) is 23.1. The molecule has 3 N–H and O–H groups in total. The summed E-state index contributed by atoms with van der Waals surface area (Å²) in [6, 6.07) is 8.39. The van der Waals surface area contributed by atoms with Crippen molar-refractivity contribution in [1.29, 1.82) is 0 Å². The van der Waals surface area contributed by atoms with E-state index in [1.165, 1.54) is 20.3 Å². The van der Waals surface area contributed by atoms with Crippen molar-refractivity contribution in [3.05, 3.63) is 41.5 Å². The van der Waals surface area contributed by atoms with E-state index in [0.717, 1.165) is 11.1 Å². The third-order valence-electron chi connectivity index (χ3n) is 5.86. The molecule has 0 atom stereocenters. The van der Waals surface area contributed by atoms with Gasteiger partial charge in [-0.05, 0) is 42.5 Å². The molecule has 2 aromatic carbocycles. The molecule has 9 nitrogen and oxygen atoms in total. The van der Waals surface area contributed by atoms with Crippen molar-refractivity contribution in [2.75, 3.05) is 20.8 Å². The molecule has 1 fully saturated rings. The number of hydrogen-bond donors (Lipinski definition) is 3. The zero-order valence-corrected chi connectivity index (χ0v) is 17.7. The summed E-state index contributed by atoms with van der Waals surface area (Å²) in [5.74, 6) is -0.338. The van der Waals surface area contributed by atoms with Crippen LogP contribution in [0.25, 0.3) is 11.1 Å². The standard InChI is InChI=1S/C23H24O9/c1-29-20-18(32-23(26,27)28)9-7-16(13-4-3-5-15-14(13)6-8-17(15)24)19(20)31-12-22(10-11-22)21(25)30-2/h3-5,7,9,26-28H,6,8,10-12H2,1-2H3. The average molecular weight is 444 g/mol. The maximum absolute atomic E-state index is 12.2. The lowest BCUT2D eigenvalue weighted by Crippen LogP contribution is -2.34. The summed E-state index contributed by atoms with van der Waals surface area (Å²) in [4.78, 5) is 24.4. The number of carbonyl (C=O) groups is 2. The molecule has 0 radical (unpaired) electrons. The van der Waals surface area contributed by atoms with Crippen LogP contribution >= 0.6 is 0 Å². The Morgan fingerprint density at radius 3 is 2.34 bits per heavy atom. The van der Waals surface area contributed by atoms with Crippen LogP contribution in [-0.4, -0.2) is 54.1 Å². The molecule has 0 heterocycles. The van der Waals surface area contributed by atoms with E-state index < -0.39 is 11.6 Å². The van der Waals surface area contributed by atoms with E-state index >= 15 is 0 Å². The lowest BCUT2D eigenvalue weighted by atomic mass is 9.95. The van der Waals surface area contributed by atoms with E-state index in [9.17, 15) is 24.9 Å². The number of fused-ring (bicyclic) bond motifs is 1. The molecule has 170 valence electrons. The third kappa shape index (κ3) is 4.02. The van der Waals surface area contributed by atoms with Crippen molar-refractivity contribution < 1.29 is 43.9 Å². The van der Waals surface area contributed by atoms with Gasteiger partial charge in [-0.1, -0.05) is 18.2 Å². The van der Waals surface area contributed by atoms with Crippen molar-refractivity contribution >= 4 is 11.8 Å². The maximum Gasteiger partial charge on any atom is 0.453 e. The Hall–Kier alpha value is -3.14. The van der Waals surface area contributed by atoms with Gasteiger partial charge in [-0.15, -0.1) is 0 Å². The largest absolute Gasteiger partial charge is 0.490 e. The first-order chi connectivity index (χ1) is 15.2. The molecule has 2 aromatic rings. The highest BCUT2D eigenvalue weighted by molar-refractivity contribution is 6.02. The molecule has 0 bridgehead atoms. The Balaban J connectivity index is 1.81. The molecule has 0 aliphatic heterocycles. The second-order valence-corrected chi connectivity index (χ2v) is 7.97. The van der Waals surface area contributed by atoms with Crippen LogP contribution < -0.4 is 14.2 Å². The highest BCUT2D eigenvalue weighted by Crippen LogP contribution is 2.51. The van der Waals surface area contributed by atoms with E-state index in [0.29, 0.717) is 36.8 Å². The Kier molecular flexibility index (Phi) is 5.58. The van der Waals surface area contributed by atoms with Crippen LogP contribution in [0, 0.1) is 5.41 Å². The van der Waals surface area contributed by atoms with Crippen molar-refractivity contribution in [2.24, 2.45) is 5.41 Å². The molecular weight excluding hydrogens is 420 g/mol. The minimum Gasteiger partial charge on any atom is -0.490 e. The van der Waals surface area contributed by atoms with Crippen molar-refractivity contribution in [3.8, 4) is 28.4 Å². The van der Waals surface area contributed by atoms with Crippen LogP contribution in [0.2, 0.25) is 0 Å². The summed E-state index contributed by atoms with van der Waals surface area (Å²) in [5, 5.41) is 27.9. The highest BCUT2D eigenvalue weighted by atomic mass is 16.9. The van der Waals surface area contributed by atoms with Crippen LogP contribution in [0.5, 0.6) is 17.2 Å². The minimum atomic E-state index is -3.43. The average Bonchev–Trinajstić information content (AvgIpc) is 3.46. The summed E-state index contributed by atoms with van der Waals surface area (Å²) >= 11 is 0. The first-order valence-electron chi connectivity index (χ1n) is 10.1. The fourth-order valence-electron chi connectivity index (χ4n) is 4.05. The van der Waals surface area contributed by atoms with Gasteiger partial charge in [0, 0.05) is 17.5 Å². The van der Waals surface area contributed by atoms with Gasteiger partial charge in [0.25, 0.3) is 0 Å². The molecule has 32 heavy (non-hydrogen) atoms. The number of rotatable bonds is 8. The van der Waals surface area contributed by atoms with Gasteiger partial charge in [-0.25, -0.2) is 0 Å². The fourth-order valence-corrected chi connectivity index (χ4v) is 4.05. The minimum absolute atomic E-state index is 0.00294. The van der Waals surface area contributed by atoms with E-state index in [2.05, 4.69) is 0 Å². The summed E-state index contributed by atoms with van der Waals surface area (Å²) in [7, 11) is 2.65. The number of ether oxygens (including phenoxy) is 4. The predicted octanol–water partition coefficient (Wildman–Crippen LogP) is 1.79. The summed E-state index contributed by atoms with van der Waals surface area (Å²) < 4.78 is 21.2. The van der Waals surface area contributed by atoms with Gasteiger partial charge >= 0.3 is 12.1 Å². The molecule has 0 aromatic heterocycles. The smallest absolute Gasteiger partial charge is 0.453 e. The molecule has 0 saturated heterocycles. The van der Waals surface area contributed by atoms with E-state index in [4.69, 9.17) is 18.9 Å². The van der Waals surface area contributed by atoms with Crippen LogP contribution in [-0.2, 0) is 16.0 Å². The summed E-state index contributed by atoms with van der Waals surface area (Å²) in [6.07, 6.45) is -1.24. The van der Waals surface area contributed by atoms with Crippen molar-refractivity contribution in [1.82, 2.24) is 0 Å². The number of benzene rings is 2. The number of hydrogen-bond acceptors (Lipinski definition) is 9. The SMILES string of the molecule is COC(=O)C1(COc2c(-c3cccc4c3CCC4=O)ccc(OC(O)(O)O)c2OC)CC1. The summed E-state index contributed by atoms with van der Waals surface area (Å²) in [5.41, 5.74) is 2.06. The second kappa shape index (κ2) is 8.09. The molecule has 2 aliphatic carbocycles. The molecule has 4 rings (SSSR count). The Bertz CT molecular complexity index is 1060. The van der Waals surface area contributed by atoms with Gasteiger partial charge < -0.3 is 34.3 Å². The number of carbonyl (C=O) groups excluding carboxylic acids is 2. The lowest BCUT2D eigenvalue weighted by molar-refractivity contribution is -0.419. The Morgan fingerprint density at radius 1 is 1.00 bits per heavy atom. The first-order valence-corrected chi connectivity index (χ1v) is 10.1. The van der Waals surface area contributed by atoms with Gasteiger partial charge in [-0.3, -0.25) is 9.59 Å². The van der Waals surface area contributed by atoms with E-state index in [-0.39, 0.29) is 35.6 Å². The zero-order valence-electron chi connectivity index (χ0n) is 17.7. The topological polar surface area (TPSA) is 132 Å². The number of ketones is 1. The maximum atomic E-state index is 12.2. The summed E-state index contributed by atoms with van der Waals surface area (Å²) in [6.45, 7) is 0.00294. The van der Waals surface area contributed by atoms with Crippen LogP contribution in [0.3, 0.4) is 0 Å². The van der Waals surface area contributed by atoms with Crippen LogP contribution in [0.15, 0.2) is 30.3 Å². The van der Waals surface area contributed by atoms with Gasteiger partial charge in [0.1, 0.15) is 12.0 Å².